The summed E-state index contributed by atoms with van der Waals surface area (Å²) >= 11 is 4.91. The van der Waals surface area contributed by atoms with Crippen LogP contribution in [0, 0.1) is 21.8 Å². The molecule has 3 rings (SSSR count). The lowest BCUT2D eigenvalue weighted by Crippen LogP contribution is -2.03. The maximum absolute atomic E-state index is 13.0. The minimum Gasteiger partial charge on any atom is -0.496 e. The summed E-state index contributed by atoms with van der Waals surface area (Å²) < 4.78 is 37.7. The number of nitrogens with one attached hydrogen (secondary N) is 1. The summed E-state index contributed by atoms with van der Waals surface area (Å²) in [6.45, 7) is 1.72. The van der Waals surface area contributed by atoms with Gasteiger partial charge in [0.15, 0.2) is 5.75 Å². The number of H-pyrrole nitrogens is 1. The van der Waals surface area contributed by atoms with Crippen molar-refractivity contribution in [2.45, 2.75) is 20.0 Å². The number of aryl methyl sites for hydroxylation is 1. The van der Waals surface area contributed by atoms with Crippen molar-refractivity contribution in [2.75, 3.05) is 7.11 Å². The first kappa shape index (κ1) is 22.0. The second-order valence-corrected chi connectivity index (χ2v) is 6.72. The quantitative estimate of drug-likeness (QED) is 0.234. The first-order valence-corrected chi connectivity index (χ1v) is 9.25. The van der Waals surface area contributed by atoms with Crippen LogP contribution in [0.1, 0.15) is 28.9 Å². The molecular formula is C19H17F2N5O4S. The van der Waals surface area contributed by atoms with Crippen LogP contribution in [-0.2, 0) is 6.61 Å². The number of hydrogen-bond donors (Lipinski definition) is 1. The average Bonchev–Trinajstić information content (AvgIpc) is 3.11. The number of nitro groups is 1. The molecule has 0 saturated heterocycles. The van der Waals surface area contributed by atoms with Gasteiger partial charge in [-0.3, -0.25) is 10.1 Å². The monoisotopic (exact) mass is 449 g/mol. The fourth-order valence-electron chi connectivity index (χ4n) is 2.72. The predicted molar refractivity (Wildman–Crippen MR) is 111 cm³/mol. The molecular weight excluding hydrogens is 432 g/mol. The van der Waals surface area contributed by atoms with E-state index in [9.17, 15) is 18.9 Å². The van der Waals surface area contributed by atoms with Gasteiger partial charge in [0, 0.05) is 11.6 Å². The van der Waals surface area contributed by atoms with E-state index in [-0.39, 0.29) is 22.8 Å². The van der Waals surface area contributed by atoms with E-state index >= 15 is 0 Å². The van der Waals surface area contributed by atoms with Crippen LogP contribution in [0.25, 0.3) is 0 Å². The van der Waals surface area contributed by atoms with Crippen molar-refractivity contribution >= 4 is 24.1 Å². The van der Waals surface area contributed by atoms with E-state index in [1.807, 2.05) is 0 Å². The lowest BCUT2D eigenvalue weighted by atomic mass is 10.1. The molecule has 9 nitrogen and oxygen atoms in total. The third-order valence-electron chi connectivity index (χ3n) is 4.19. The molecule has 0 amide bonds. The van der Waals surface area contributed by atoms with Crippen molar-refractivity contribution in [3.05, 3.63) is 73.8 Å². The summed E-state index contributed by atoms with van der Waals surface area (Å²) in [6, 6.07) is 9.62. The van der Waals surface area contributed by atoms with E-state index in [0.29, 0.717) is 16.9 Å². The molecule has 0 saturated carbocycles. The number of rotatable bonds is 8. The normalized spacial score (nSPS) is 11.3. The second-order valence-electron chi connectivity index (χ2n) is 6.33. The predicted octanol–water partition coefficient (Wildman–Crippen LogP) is 4.56. The van der Waals surface area contributed by atoms with Crippen LogP contribution in [0.5, 0.6) is 11.5 Å². The highest BCUT2D eigenvalue weighted by atomic mass is 32.1. The molecule has 1 N–H and O–H groups in total. The molecule has 0 unspecified atom stereocenters. The second kappa shape index (κ2) is 9.43. The van der Waals surface area contributed by atoms with Crippen LogP contribution in [-0.4, -0.2) is 33.1 Å². The summed E-state index contributed by atoms with van der Waals surface area (Å²) in [7, 11) is 1.47. The highest BCUT2D eigenvalue weighted by molar-refractivity contribution is 7.71. The zero-order chi connectivity index (χ0) is 22.5. The molecule has 1 aromatic heterocycles. The molecule has 1 heterocycles. The Labute approximate surface area is 180 Å². The maximum Gasteiger partial charge on any atom is 0.311 e. The molecule has 162 valence electrons. The highest BCUT2D eigenvalue weighted by Gasteiger charge is 2.17. The van der Waals surface area contributed by atoms with Gasteiger partial charge in [0.2, 0.25) is 10.6 Å². The largest absolute Gasteiger partial charge is 0.496 e. The molecule has 0 atom stereocenters. The SMILES string of the molecule is COc1ccc(C=Nn2c(C(F)F)n[nH]c2=S)cc1COc1ccc(C)cc1[N+](=O)[O-]. The summed E-state index contributed by atoms with van der Waals surface area (Å²) in [4.78, 5) is 10.8. The molecule has 0 fully saturated rings. The molecule has 31 heavy (non-hydrogen) atoms. The minimum absolute atomic E-state index is 0.0256. The molecule has 0 aliphatic rings. The third kappa shape index (κ3) is 5.09. The number of alkyl halides is 2. The molecule has 0 radical (unpaired) electrons. The first-order valence-electron chi connectivity index (χ1n) is 8.84. The first-order chi connectivity index (χ1) is 14.8. The Morgan fingerprint density at radius 2 is 2.06 bits per heavy atom. The molecule has 12 heteroatoms. The Kier molecular flexibility index (Phi) is 6.70. The van der Waals surface area contributed by atoms with Crippen LogP contribution in [0.3, 0.4) is 0 Å². The van der Waals surface area contributed by atoms with Gasteiger partial charge in [-0.2, -0.15) is 14.9 Å². The fraction of sp³-hybridized carbons (Fsp3) is 0.211. The zero-order valence-electron chi connectivity index (χ0n) is 16.4. The van der Waals surface area contributed by atoms with Crippen LogP contribution in [0.15, 0.2) is 41.5 Å². The standard InChI is InChI=1S/C19H17F2N5O4S/c1-11-3-5-16(14(7-11)26(27)28)30-10-13-8-12(4-6-15(13)29-2)9-22-25-18(17(20)21)23-24-19(25)31/h3-9,17H,10H2,1-2H3,(H,24,31). The lowest BCUT2D eigenvalue weighted by molar-refractivity contribution is -0.386. The van der Waals surface area contributed by atoms with Gasteiger partial charge in [0.25, 0.3) is 6.43 Å². The van der Waals surface area contributed by atoms with Crippen molar-refractivity contribution in [1.82, 2.24) is 14.9 Å². The number of aromatic nitrogens is 3. The maximum atomic E-state index is 13.0. The number of nitrogens with zero attached hydrogens (tertiary/aromatic N) is 4. The van der Waals surface area contributed by atoms with Crippen molar-refractivity contribution in [3.63, 3.8) is 0 Å². The Morgan fingerprint density at radius 1 is 1.32 bits per heavy atom. The van der Waals surface area contributed by atoms with E-state index in [4.69, 9.17) is 21.7 Å². The van der Waals surface area contributed by atoms with E-state index < -0.39 is 17.2 Å². The lowest BCUT2D eigenvalue weighted by Gasteiger charge is -2.11. The Bertz CT molecular complexity index is 1190. The number of aromatic amines is 1. The van der Waals surface area contributed by atoms with E-state index in [1.54, 1.807) is 31.2 Å². The smallest absolute Gasteiger partial charge is 0.311 e. The summed E-state index contributed by atoms with van der Waals surface area (Å²) in [5.41, 5.74) is 1.70. The molecule has 0 aliphatic carbocycles. The van der Waals surface area contributed by atoms with Crippen LogP contribution < -0.4 is 9.47 Å². The fourth-order valence-corrected chi connectivity index (χ4v) is 2.91. The van der Waals surface area contributed by atoms with Crippen molar-refractivity contribution in [3.8, 4) is 11.5 Å². The Morgan fingerprint density at radius 3 is 2.74 bits per heavy atom. The van der Waals surface area contributed by atoms with E-state index in [2.05, 4.69) is 15.3 Å². The van der Waals surface area contributed by atoms with Crippen LogP contribution in [0.2, 0.25) is 0 Å². The summed E-state index contributed by atoms with van der Waals surface area (Å²) in [6.07, 6.45) is -1.52. The third-order valence-corrected chi connectivity index (χ3v) is 4.46. The summed E-state index contributed by atoms with van der Waals surface area (Å²) in [5.74, 6) is -0.00638. The van der Waals surface area contributed by atoms with Crippen molar-refractivity contribution < 1.29 is 23.2 Å². The molecule has 0 spiro atoms. The summed E-state index contributed by atoms with van der Waals surface area (Å²) in [5, 5.41) is 21.0. The highest BCUT2D eigenvalue weighted by Crippen LogP contribution is 2.30. The minimum atomic E-state index is -2.85. The molecule has 0 bridgehead atoms. The van der Waals surface area contributed by atoms with Gasteiger partial charge in [0.05, 0.1) is 18.2 Å². The molecule has 3 aromatic rings. The van der Waals surface area contributed by atoms with Crippen molar-refractivity contribution in [2.24, 2.45) is 5.10 Å². The molecule has 0 aliphatic heterocycles. The van der Waals surface area contributed by atoms with Crippen LogP contribution in [0.4, 0.5) is 14.5 Å². The average molecular weight is 449 g/mol. The van der Waals surface area contributed by atoms with Gasteiger partial charge in [-0.1, -0.05) is 6.07 Å². The molecule has 2 aromatic carbocycles. The number of benzene rings is 2. The number of methoxy groups -OCH3 is 1. The van der Waals surface area contributed by atoms with Gasteiger partial charge in [-0.15, -0.1) is 0 Å². The number of halogens is 2. The van der Waals surface area contributed by atoms with Gasteiger partial charge < -0.3 is 9.47 Å². The zero-order valence-corrected chi connectivity index (χ0v) is 17.2. The van der Waals surface area contributed by atoms with Gasteiger partial charge >= 0.3 is 5.69 Å². The van der Waals surface area contributed by atoms with E-state index in [0.717, 1.165) is 10.2 Å². The van der Waals surface area contributed by atoms with Gasteiger partial charge in [-0.05, 0) is 54.5 Å². The van der Waals surface area contributed by atoms with Crippen LogP contribution >= 0.6 is 12.2 Å². The van der Waals surface area contributed by atoms with Gasteiger partial charge in [0.1, 0.15) is 12.4 Å². The Balaban J connectivity index is 1.86. The van der Waals surface area contributed by atoms with Crippen molar-refractivity contribution in [1.29, 1.82) is 0 Å². The van der Waals surface area contributed by atoms with Gasteiger partial charge in [-0.25, -0.2) is 13.9 Å². The number of nitro benzene ring substituents is 1. The topological polar surface area (TPSA) is 108 Å². The number of hydrogen-bond acceptors (Lipinski definition) is 7. The Hall–Kier alpha value is -3.67. The van der Waals surface area contributed by atoms with E-state index in [1.165, 1.54) is 25.5 Å². The number of ether oxygens (including phenoxy) is 2.